The lowest BCUT2D eigenvalue weighted by Crippen LogP contribution is -2.58. The van der Waals surface area contributed by atoms with Crippen molar-refractivity contribution in [3.05, 3.63) is 12.7 Å². The lowest BCUT2D eigenvalue weighted by atomic mass is 9.81. The predicted molar refractivity (Wildman–Crippen MR) is 221 cm³/mol. The van der Waals surface area contributed by atoms with Crippen LogP contribution in [-0.4, -0.2) is 104 Å². The molecule has 0 aromatic rings. The predicted octanol–water partition coefficient (Wildman–Crippen LogP) is 6.28. The van der Waals surface area contributed by atoms with Crippen LogP contribution in [0.5, 0.6) is 0 Å². The van der Waals surface area contributed by atoms with Gasteiger partial charge in [0.2, 0.25) is 18.1 Å². The number of carbonyl (C=O) groups is 6. The Kier molecular flexibility index (Phi) is 25.9. The Morgan fingerprint density at radius 2 is 1.59 bits per heavy atom. The number of nitrogens with zero attached hydrogens (tertiary/aromatic N) is 2. The summed E-state index contributed by atoms with van der Waals surface area (Å²) in [6.07, 6.45) is 11.0. The summed E-state index contributed by atoms with van der Waals surface area (Å²) in [4.78, 5) is 72.0. The molecule has 0 bridgehead atoms. The monoisotopic (exact) mass is 765 g/mol. The van der Waals surface area contributed by atoms with E-state index in [0.29, 0.717) is 32.1 Å². The molecule has 0 aromatic heterocycles. The summed E-state index contributed by atoms with van der Waals surface area (Å²) in [7, 11) is 2.05. The van der Waals surface area contributed by atoms with Gasteiger partial charge in [0, 0.05) is 32.1 Å². The first kappa shape index (κ1) is 52.8. The summed E-state index contributed by atoms with van der Waals surface area (Å²) < 4.78 is 0. The van der Waals surface area contributed by atoms with Gasteiger partial charge in [-0.25, -0.2) is 4.79 Å². The van der Waals surface area contributed by atoms with E-state index in [9.17, 15) is 28.8 Å². The fourth-order valence-electron chi connectivity index (χ4n) is 6.17. The quantitative estimate of drug-likeness (QED) is 0.0869. The van der Waals surface area contributed by atoms with Crippen LogP contribution in [0.1, 0.15) is 141 Å². The number of piperidine rings is 1. The van der Waals surface area contributed by atoms with Gasteiger partial charge in [0.25, 0.3) is 5.91 Å². The third-order valence-corrected chi connectivity index (χ3v) is 9.85. The highest BCUT2D eigenvalue weighted by Crippen LogP contribution is 2.32. The van der Waals surface area contributed by atoms with E-state index in [1.165, 1.54) is 25.3 Å². The molecule has 2 aliphatic rings. The molecule has 2 rings (SSSR count). The van der Waals surface area contributed by atoms with Crippen molar-refractivity contribution < 1.29 is 28.8 Å². The van der Waals surface area contributed by atoms with E-state index in [2.05, 4.69) is 67.4 Å². The molecule has 0 aromatic carbocycles. The maximum atomic E-state index is 12.5. The number of carbonyl (C=O) groups excluding carboxylic acids is 6. The zero-order chi connectivity index (χ0) is 42.3. The topological polar surface area (TPSA) is 157 Å². The normalized spacial score (nSPS) is 19.0. The van der Waals surface area contributed by atoms with Gasteiger partial charge in [-0.1, -0.05) is 108 Å². The van der Waals surface area contributed by atoms with Crippen LogP contribution in [-0.2, 0) is 24.0 Å². The van der Waals surface area contributed by atoms with Gasteiger partial charge in [0.05, 0.1) is 18.1 Å². The summed E-state index contributed by atoms with van der Waals surface area (Å²) in [5.74, 6) is 0.517. The largest absolute Gasteiger partial charge is 0.352 e. The van der Waals surface area contributed by atoms with Crippen LogP contribution in [0.15, 0.2) is 12.7 Å². The molecular formula is C42H80N6O6. The number of aldehydes is 2. The van der Waals surface area contributed by atoms with Gasteiger partial charge in [-0.2, -0.15) is 0 Å². The molecule has 2 saturated heterocycles. The summed E-state index contributed by atoms with van der Waals surface area (Å²) in [5, 5.41) is 11.2. The van der Waals surface area contributed by atoms with Crippen molar-refractivity contribution in [1.29, 1.82) is 0 Å². The zero-order valence-electron chi connectivity index (χ0n) is 36.7. The molecule has 0 radical (unpaired) electrons. The first-order chi connectivity index (χ1) is 25.0. The Bertz CT molecular complexity index is 1150. The average Bonchev–Trinajstić information content (AvgIpc) is 3.52. The fraction of sp³-hybridized carbons (Fsp3) is 0.810. The Morgan fingerprint density at radius 1 is 0.981 bits per heavy atom. The van der Waals surface area contributed by atoms with E-state index in [0.717, 1.165) is 44.4 Å². The molecule has 0 aliphatic carbocycles. The van der Waals surface area contributed by atoms with E-state index in [4.69, 9.17) is 0 Å². The van der Waals surface area contributed by atoms with Crippen molar-refractivity contribution in [1.82, 2.24) is 31.1 Å². The number of hydrogen-bond donors (Lipinski definition) is 4. The Hall–Kier alpha value is -3.28. The number of hydrogen-bond acceptors (Lipinski definition) is 7. The highest BCUT2D eigenvalue weighted by atomic mass is 16.2. The van der Waals surface area contributed by atoms with Crippen molar-refractivity contribution in [2.45, 2.75) is 166 Å². The highest BCUT2D eigenvalue weighted by Gasteiger charge is 2.36. The van der Waals surface area contributed by atoms with Crippen LogP contribution >= 0.6 is 0 Å². The second kappa shape index (κ2) is 26.5. The average molecular weight is 765 g/mol. The highest BCUT2D eigenvalue weighted by molar-refractivity contribution is 6.23. The van der Waals surface area contributed by atoms with Crippen molar-refractivity contribution in [3.63, 3.8) is 0 Å². The van der Waals surface area contributed by atoms with E-state index in [1.807, 2.05) is 67.3 Å². The molecule has 54 heavy (non-hydrogen) atoms. The van der Waals surface area contributed by atoms with Crippen LogP contribution in [0.2, 0.25) is 0 Å². The second-order valence-electron chi connectivity index (χ2n) is 17.4. The zero-order valence-corrected chi connectivity index (χ0v) is 36.7. The van der Waals surface area contributed by atoms with Gasteiger partial charge >= 0.3 is 6.03 Å². The second-order valence-corrected chi connectivity index (χ2v) is 17.4. The van der Waals surface area contributed by atoms with Gasteiger partial charge in [-0.15, -0.1) is 6.58 Å². The number of likely N-dealkylation sites (N-methyl/N-ethyl adjacent to an activating group) is 1. The van der Waals surface area contributed by atoms with Crippen LogP contribution in [0.3, 0.4) is 0 Å². The maximum Gasteiger partial charge on any atom is 0.315 e. The molecule has 4 N–H and O–H groups in total. The van der Waals surface area contributed by atoms with Crippen molar-refractivity contribution in [2.24, 2.45) is 22.2 Å². The molecule has 0 spiro atoms. The van der Waals surface area contributed by atoms with Crippen molar-refractivity contribution >= 4 is 36.3 Å². The summed E-state index contributed by atoms with van der Waals surface area (Å²) in [6, 6.07) is -0.732. The smallest absolute Gasteiger partial charge is 0.315 e. The fourth-order valence-corrected chi connectivity index (χ4v) is 6.17. The Morgan fingerprint density at radius 3 is 2.02 bits per heavy atom. The first-order valence-corrected chi connectivity index (χ1v) is 20.2. The minimum Gasteiger partial charge on any atom is -0.352 e. The molecule has 2 heterocycles. The Balaban J connectivity index is 0. The summed E-state index contributed by atoms with van der Waals surface area (Å²) >= 11 is 0. The van der Waals surface area contributed by atoms with Crippen molar-refractivity contribution in [3.8, 4) is 0 Å². The molecule has 12 heteroatoms. The van der Waals surface area contributed by atoms with Crippen LogP contribution < -0.4 is 21.3 Å². The van der Waals surface area contributed by atoms with Crippen molar-refractivity contribution in [2.75, 3.05) is 33.2 Å². The molecule has 5 unspecified atom stereocenters. The number of rotatable bonds is 15. The van der Waals surface area contributed by atoms with Crippen LogP contribution in [0, 0.1) is 22.2 Å². The Labute approximate surface area is 329 Å². The summed E-state index contributed by atoms with van der Waals surface area (Å²) in [6.45, 7) is 32.6. The molecule has 0 saturated carbocycles. The molecule has 2 aliphatic heterocycles. The van der Waals surface area contributed by atoms with Gasteiger partial charge in [-0.05, 0) is 68.4 Å². The summed E-state index contributed by atoms with van der Waals surface area (Å²) in [5.41, 5.74) is -0.534. The standard InChI is InChI=1S/C20H37N3O3.C15H30N2O.C5H7NO2.C2H6/c1-18(2,3)14(12-23-10-9-20(7,8)11-16(23)25)21-17(26)22-15(13-24)19(4,5)6;1-5-8-13(6-2)11-12(3)16-15(18)14-9-7-10-17(14)4;1-2-3-6-5(8)4-7;1-2/h13-15H,9-12H2,1-8H3,(H2,21,22,26);12-14H,5-11H2,1-4H3,(H,16,18);2,4H,1,3H2,(H,6,8);1-2H3. The molecule has 5 amide bonds. The lowest BCUT2D eigenvalue weighted by molar-refractivity contribution is -0.138. The number of amides is 5. The molecule has 2 fully saturated rings. The maximum absolute atomic E-state index is 12.5. The third kappa shape index (κ3) is 22.2. The van der Waals surface area contributed by atoms with E-state index >= 15 is 0 Å². The third-order valence-electron chi connectivity index (χ3n) is 9.85. The van der Waals surface area contributed by atoms with Gasteiger partial charge < -0.3 is 31.0 Å². The minimum absolute atomic E-state index is 0.0412. The molecule has 5 atom stereocenters. The lowest BCUT2D eigenvalue weighted by Gasteiger charge is -2.41. The van der Waals surface area contributed by atoms with Gasteiger partial charge in [0.1, 0.15) is 6.29 Å². The SMILES string of the molecule is C=CCNC(=O)C=O.CC.CC1(C)CCN(CC(NC(=O)NC(C=O)C(C)(C)C)C(C)(C)C)C(=O)C1.CCCC(CC)CC(C)NC(=O)C1CCCN1C. The van der Waals surface area contributed by atoms with Gasteiger partial charge in [-0.3, -0.25) is 24.1 Å². The van der Waals surface area contributed by atoms with E-state index in [1.54, 1.807) is 0 Å². The number of likely N-dealkylation sites (tertiary alicyclic amines) is 2. The van der Waals surface area contributed by atoms with Crippen LogP contribution in [0.25, 0.3) is 0 Å². The molecule has 12 nitrogen and oxygen atoms in total. The first-order valence-electron chi connectivity index (χ1n) is 20.2. The number of nitrogens with one attached hydrogen (secondary N) is 4. The minimum atomic E-state index is -0.607. The van der Waals surface area contributed by atoms with Crippen LogP contribution in [0.4, 0.5) is 4.79 Å². The van der Waals surface area contributed by atoms with E-state index < -0.39 is 11.9 Å². The molecular weight excluding hydrogens is 684 g/mol. The number of urea groups is 1. The van der Waals surface area contributed by atoms with Gasteiger partial charge in [0.15, 0.2) is 0 Å². The molecule has 314 valence electrons. The van der Waals surface area contributed by atoms with E-state index in [-0.39, 0.29) is 52.5 Å².